The van der Waals surface area contributed by atoms with Crippen molar-refractivity contribution in [2.75, 3.05) is 0 Å². The number of fused-ring (bicyclic) bond motifs is 1. The van der Waals surface area contributed by atoms with Gasteiger partial charge in [-0.1, -0.05) is 24.3 Å². The molecule has 0 saturated heterocycles. The zero-order valence-corrected chi connectivity index (χ0v) is 9.82. The third kappa shape index (κ3) is 1.44. The summed E-state index contributed by atoms with van der Waals surface area (Å²) in [5.74, 6) is 0. The van der Waals surface area contributed by atoms with Crippen molar-refractivity contribution in [1.82, 2.24) is 0 Å². The van der Waals surface area contributed by atoms with Crippen LogP contribution in [-0.4, -0.2) is 0 Å². The number of thiazole rings is 1. The maximum Gasteiger partial charge on any atom is 0.235 e. The Morgan fingerprint density at radius 1 is 1.29 bits per heavy atom. The van der Waals surface area contributed by atoms with E-state index >= 15 is 0 Å². The molecule has 1 aromatic carbocycles. The van der Waals surface area contributed by atoms with Crippen LogP contribution in [-0.2, 0) is 13.0 Å². The third-order valence-corrected chi connectivity index (χ3v) is 3.74. The molecule has 2 aromatic rings. The molecule has 1 nitrogen and oxygen atoms in total. The SMILES string of the molecule is CCc1ccc2c(c1)sc(C)[n+]2CC. The molecular formula is C12H16NS+. The number of hydrogen-bond donors (Lipinski definition) is 0. The maximum absolute atomic E-state index is 2.37. The molecule has 2 heteroatoms. The van der Waals surface area contributed by atoms with E-state index in [1.54, 1.807) is 0 Å². The van der Waals surface area contributed by atoms with Gasteiger partial charge >= 0.3 is 0 Å². The molecule has 1 heterocycles. The van der Waals surface area contributed by atoms with Crippen LogP contribution in [0.15, 0.2) is 18.2 Å². The van der Waals surface area contributed by atoms with Gasteiger partial charge < -0.3 is 0 Å². The lowest BCUT2D eigenvalue weighted by Crippen LogP contribution is -2.33. The lowest BCUT2D eigenvalue weighted by molar-refractivity contribution is -0.669. The Kier molecular flexibility index (Phi) is 2.55. The van der Waals surface area contributed by atoms with E-state index in [4.69, 9.17) is 0 Å². The van der Waals surface area contributed by atoms with Gasteiger partial charge in [0.15, 0.2) is 0 Å². The zero-order valence-electron chi connectivity index (χ0n) is 9.00. The second-order valence-corrected chi connectivity index (χ2v) is 4.76. The molecule has 1 aromatic heterocycles. The highest BCUT2D eigenvalue weighted by Gasteiger charge is 2.14. The summed E-state index contributed by atoms with van der Waals surface area (Å²) in [6.45, 7) is 7.67. The van der Waals surface area contributed by atoms with Gasteiger partial charge in [0.25, 0.3) is 0 Å². The van der Waals surface area contributed by atoms with Gasteiger partial charge in [-0.2, -0.15) is 4.57 Å². The molecule has 0 atom stereocenters. The Bertz CT molecular complexity index is 457. The van der Waals surface area contributed by atoms with Crippen molar-refractivity contribution in [3.63, 3.8) is 0 Å². The van der Waals surface area contributed by atoms with Crippen molar-refractivity contribution >= 4 is 21.6 Å². The predicted octanol–water partition coefficient (Wildman–Crippen LogP) is 3.08. The Labute approximate surface area is 89.0 Å². The largest absolute Gasteiger partial charge is 0.235 e. The quantitative estimate of drug-likeness (QED) is 0.665. The molecule has 14 heavy (non-hydrogen) atoms. The fourth-order valence-corrected chi connectivity index (χ4v) is 3.01. The first-order valence-electron chi connectivity index (χ1n) is 5.18. The lowest BCUT2D eigenvalue weighted by atomic mass is 10.2. The number of aromatic nitrogens is 1. The normalized spacial score (nSPS) is 11.1. The highest BCUT2D eigenvalue weighted by molar-refractivity contribution is 7.18. The molecule has 74 valence electrons. The minimum atomic E-state index is 1.07. The summed E-state index contributed by atoms with van der Waals surface area (Å²) in [5, 5.41) is 1.40. The molecule has 0 aliphatic rings. The van der Waals surface area contributed by atoms with Crippen LogP contribution in [0.25, 0.3) is 10.2 Å². The molecule has 0 aliphatic heterocycles. The minimum Gasteiger partial charge on any atom is -0.186 e. The van der Waals surface area contributed by atoms with Crippen molar-refractivity contribution in [2.24, 2.45) is 0 Å². The van der Waals surface area contributed by atoms with Crippen molar-refractivity contribution in [3.8, 4) is 0 Å². The molecule has 0 N–H and O–H groups in total. The monoisotopic (exact) mass is 206 g/mol. The lowest BCUT2D eigenvalue weighted by Gasteiger charge is -1.94. The van der Waals surface area contributed by atoms with Gasteiger partial charge in [0.2, 0.25) is 10.5 Å². The smallest absolute Gasteiger partial charge is 0.186 e. The first-order chi connectivity index (χ1) is 6.76. The van der Waals surface area contributed by atoms with Crippen molar-refractivity contribution < 1.29 is 4.57 Å². The zero-order chi connectivity index (χ0) is 10.1. The van der Waals surface area contributed by atoms with Crippen LogP contribution in [0.5, 0.6) is 0 Å². The Hall–Kier alpha value is -0.890. The molecule has 0 radical (unpaired) electrons. The first kappa shape index (κ1) is 9.66. The van der Waals surface area contributed by atoms with E-state index in [-0.39, 0.29) is 0 Å². The number of rotatable bonds is 2. The molecule has 0 amide bonds. The third-order valence-electron chi connectivity index (χ3n) is 2.68. The number of benzene rings is 1. The van der Waals surface area contributed by atoms with Gasteiger partial charge in [-0.25, -0.2) is 0 Å². The average molecular weight is 206 g/mol. The Morgan fingerprint density at radius 2 is 2.07 bits per heavy atom. The fraction of sp³-hybridized carbons (Fsp3) is 0.417. The number of nitrogens with zero attached hydrogens (tertiary/aromatic N) is 1. The van der Waals surface area contributed by atoms with E-state index in [2.05, 4.69) is 43.5 Å². The van der Waals surface area contributed by atoms with Crippen molar-refractivity contribution in [3.05, 3.63) is 28.8 Å². The fourth-order valence-electron chi connectivity index (χ4n) is 1.86. The molecule has 0 bridgehead atoms. The summed E-state index contributed by atoms with van der Waals surface area (Å²) >= 11 is 1.90. The van der Waals surface area contributed by atoms with E-state index in [0.717, 1.165) is 13.0 Å². The van der Waals surface area contributed by atoms with Gasteiger partial charge in [0.05, 0.1) is 0 Å². The van der Waals surface area contributed by atoms with Crippen LogP contribution in [0.3, 0.4) is 0 Å². The maximum atomic E-state index is 2.37. The molecular weight excluding hydrogens is 190 g/mol. The van der Waals surface area contributed by atoms with Crippen LogP contribution < -0.4 is 4.57 Å². The molecule has 0 fully saturated rings. The van der Waals surface area contributed by atoms with Gasteiger partial charge in [0, 0.05) is 13.0 Å². The van der Waals surface area contributed by atoms with Gasteiger partial charge in [0.1, 0.15) is 11.2 Å². The van der Waals surface area contributed by atoms with Crippen LogP contribution in [0.2, 0.25) is 0 Å². The summed E-state index contributed by atoms with van der Waals surface area (Å²) in [6.07, 6.45) is 1.12. The van der Waals surface area contributed by atoms with Crippen LogP contribution in [0.1, 0.15) is 24.4 Å². The highest BCUT2D eigenvalue weighted by atomic mass is 32.1. The van der Waals surface area contributed by atoms with Gasteiger partial charge in [-0.15, -0.1) is 0 Å². The van der Waals surface area contributed by atoms with Crippen LogP contribution in [0.4, 0.5) is 0 Å². The average Bonchev–Trinajstić information content (AvgIpc) is 2.51. The van der Waals surface area contributed by atoms with Gasteiger partial charge in [-0.3, -0.25) is 0 Å². The van der Waals surface area contributed by atoms with E-state index in [0.29, 0.717) is 0 Å². The van der Waals surface area contributed by atoms with Crippen molar-refractivity contribution in [1.29, 1.82) is 0 Å². The predicted molar refractivity (Wildman–Crippen MR) is 61.8 cm³/mol. The second-order valence-electron chi connectivity index (χ2n) is 3.52. The molecule has 0 unspecified atom stereocenters. The van der Waals surface area contributed by atoms with Crippen LogP contribution >= 0.6 is 11.3 Å². The highest BCUT2D eigenvalue weighted by Crippen LogP contribution is 2.21. The summed E-state index contributed by atoms with van der Waals surface area (Å²) in [7, 11) is 0. The Balaban J connectivity index is 2.68. The second kappa shape index (κ2) is 3.70. The first-order valence-corrected chi connectivity index (χ1v) is 5.99. The number of aryl methyl sites for hydroxylation is 3. The molecule has 0 spiro atoms. The van der Waals surface area contributed by atoms with E-state index in [1.165, 1.54) is 20.8 Å². The summed E-state index contributed by atoms with van der Waals surface area (Å²) in [4.78, 5) is 0. The van der Waals surface area contributed by atoms with Gasteiger partial charge in [-0.05, 0) is 25.0 Å². The van der Waals surface area contributed by atoms with Crippen molar-refractivity contribution in [2.45, 2.75) is 33.7 Å². The topological polar surface area (TPSA) is 3.88 Å². The van der Waals surface area contributed by atoms with E-state index in [9.17, 15) is 0 Å². The summed E-state index contributed by atoms with van der Waals surface area (Å²) < 4.78 is 3.79. The summed E-state index contributed by atoms with van der Waals surface area (Å²) in [5.41, 5.74) is 2.81. The minimum absolute atomic E-state index is 1.07. The standard InChI is InChI=1S/C12H16NS/c1-4-10-6-7-11-12(8-10)14-9(3)13(11)5-2/h6-8H,4-5H2,1-3H3/q+1. The van der Waals surface area contributed by atoms with E-state index < -0.39 is 0 Å². The summed E-state index contributed by atoms with van der Waals surface area (Å²) in [6, 6.07) is 6.81. The molecule has 0 aliphatic carbocycles. The van der Waals surface area contributed by atoms with E-state index in [1.807, 2.05) is 11.3 Å². The molecule has 0 saturated carbocycles. The number of hydrogen-bond acceptors (Lipinski definition) is 1. The Morgan fingerprint density at radius 3 is 2.71 bits per heavy atom. The van der Waals surface area contributed by atoms with Crippen LogP contribution in [0, 0.1) is 6.92 Å². The molecule has 2 rings (SSSR count).